The van der Waals surface area contributed by atoms with Crippen LogP contribution in [0.4, 0.5) is 5.69 Å². The number of anilines is 1. The molecular weight excluding hydrogens is 418 g/mol. The number of carbonyl (C=O) groups is 1. The van der Waals surface area contributed by atoms with Crippen LogP contribution in [-0.2, 0) is 9.84 Å². The summed E-state index contributed by atoms with van der Waals surface area (Å²) in [5.74, 6) is 0.121. The van der Waals surface area contributed by atoms with E-state index in [1.54, 1.807) is 18.3 Å². The van der Waals surface area contributed by atoms with Gasteiger partial charge < -0.3 is 10.6 Å². The number of hydrogen-bond acceptors (Lipinski definition) is 8. The van der Waals surface area contributed by atoms with Gasteiger partial charge in [0, 0.05) is 42.7 Å². The molecule has 0 unspecified atom stereocenters. The molecule has 3 aromatic heterocycles. The van der Waals surface area contributed by atoms with Crippen molar-refractivity contribution in [3.05, 3.63) is 41.9 Å². The van der Waals surface area contributed by atoms with Gasteiger partial charge in [-0.1, -0.05) is 0 Å². The van der Waals surface area contributed by atoms with Crippen LogP contribution in [-0.4, -0.2) is 58.7 Å². The predicted octanol–water partition coefficient (Wildman–Crippen LogP) is 1.67. The standard InChI is InChI=1S/C20H23N7O3S/c1-13(2)26-17-8-18(27-19-15(11-25-27)7-14(9-21)10-24-19)23-12-16(17)20(28)22-5-4-6-31(3,29)30/h7-8,10-13H,4-6H2,1-3H3,(H,22,28)(H,23,26). The molecule has 31 heavy (non-hydrogen) atoms. The lowest BCUT2D eigenvalue weighted by Gasteiger charge is -2.16. The van der Waals surface area contributed by atoms with Crippen molar-refractivity contribution in [3.63, 3.8) is 0 Å². The van der Waals surface area contributed by atoms with Crippen LogP contribution in [0.15, 0.2) is 30.7 Å². The van der Waals surface area contributed by atoms with Gasteiger partial charge in [-0.15, -0.1) is 0 Å². The zero-order valence-corrected chi connectivity index (χ0v) is 18.3. The highest BCUT2D eigenvalue weighted by Gasteiger charge is 2.16. The molecule has 162 valence electrons. The first-order valence-electron chi connectivity index (χ1n) is 9.64. The maximum absolute atomic E-state index is 12.6. The van der Waals surface area contributed by atoms with Crippen LogP contribution >= 0.6 is 0 Å². The highest BCUT2D eigenvalue weighted by molar-refractivity contribution is 7.90. The topological polar surface area (TPSA) is 143 Å². The molecule has 0 spiro atoms. The second-order valence-electron chi connectivity index (χ2n) is 7.43. The van der Waals surface area contributed by atoms with Gasteiger partial charge in [-0.3, -0.25) is 4.79 Å². The third kappa shape index (κ3) is 5.55. The van der Waals surface area contributed by atoms with E-state index in [9.17, 15) is 13.2 Å². The normalized spacial score (nSPS) is 11.5. The lowest BCUT2D eigenvalue weighted by molar-refractivity contribution is 0.0954. The first-order chi connectivity index (χ1) is 14.7. The van der Waals surface area contributed by atoms with Crippen LogP contribution < -0.4 is 10.6 Å². The van der Waals surface area contributed by atoms with Crippen molar-refractivity contribution in [2.75, 3.05) is 23.9 Å². The molecule has 3 rings (SSSR count). The Labute approximate surface area is 180 Å². The second-order valence-corrected chi connectivity index (χ2v) is 9.69. The zero-order valence-electron chi connectivity index (χ0n) is 17.5. The number of nitrogens with zero attached hydrogens (tertiary/aromatic N) is 5. The number of sulfone groups is 1. The Kier molecular flexibility index (Phi) is 6.50. The number of amides is 1. The number of aromatic nitrogens is 4. The fourth-order valence-electron chi connectivity index (χ4n) is 2.95. The highest BCUT2D eigenvalue weighted by atomic mass is 32.2. The Bertz CT molecular complexity index is 1260. The summed E-state index contributed by atoms with van der Waals surface area (Å²) in [5, 5.41) is 20.0. The monoisotopic (exact) mass is 441 g/mol. The van der Waals surface area contributed by atoms with E-state index >= 15 is 0 Å². The summed E-state index contributed by atoms with van der Waals surface area (Å²) in [6, 6.07) is 5.50. The van der Waals surface area contributed by atoms with Crippen molar-refractivity contribution < 1.29 is 13.2 Å². The zero-order chi connectivity index (χ0) is 22.6. The fraction of sp³-hybridized carbons (Fsp3) is 0.350. The molecule has 3 heterocycles. The molecule has 0 fully saturated rings. The molecular formula is C20H23N7O3S. The Morgan fingerprint density at radius 2 is 2.00 bits per heavy atom. The molecule has 0 saturated heterocycles. The molecule has 10 nitrogen and oxygen atoms in total. The van der Waals surface area contributed by atoms with Gasteiger partial charge in [0.05, 0.1) is 28.8 Å². The summed E-state index contributed by atoms with van der Waals surface area (Å²) in [5.41, 5.74) is 1.89. The number of carbonyl (C=O) groups excluding carboxylic acids is 1. The molecule has 0 aliphatic rings. The molecule has 0 atom stereocenters. The van der Waals surface area contributed by atoms with Crippen LogP contribution in [0.3, 0.4) is 0 Å². The number of pyridine rings is 2. The summed E-state index contributed by atoms with van der Waals surface area (Å²) < 4.78 is 24.0. The van der Waals surface area contributed by atoms with Gasteiger partial charge in [0.1, 0.15) is 15.9 Å². The minimum Gasteiger partial charge on any atom is -0.382 e. The lowest BCUT2D eigenvalue weighted by Crippen LogP contribution is -2.27. The van der Waals surface area contributed by atoms with Gasteiger partial charge in [-0.05, 0) is 26.3 Å². The number of nitriles is 1. The van der Waals surface area contributed by atoms with Gasteiger partial charge in [-0.25, -0.2) is 18.4 Å². The third-order valence-electron chi connectivity index (χ3n) is 4.31. The van der Waals surface area contributed by atoms with E-state index in [1.165, 1.54) is 17.1 Å². The number of fused-ring (bicyclic) bond motifs is 1. The molecule has 11 heteroatoms. The largest absolute Gasteiger partial charge is 0.382 e. The smallest absolute Gasteiger partial charge is 0.254 e. The van der Waals surface area contributed by atoms with Crippen molar-refractivity contribution in [3.8, 4) is 11.9 Å². The Morgan fingerprint density at radius 1 is 1.23 bits per heavy atom. The Morgan fingerprint density at radius 3 is 2.68 bits per heavy atom. The average Bonchev–Trinajstić information content (AvgIpc) is 3.13. The van der Waals surface area contributed by atoms with Crippen molar-refractivity contribution in [1.82, 2.24) is 25.1 Å². The molecule has 3 aromatic rings. The molecule has 0 saturated carbocycles. The first-order valence-corrected chi connectivity index (χ1v) is 11.7. The summed E-state index contributed by atoms with van der Waals surface area (Å²) in [4.78, 5) is 21.3. The van der Waals surface area contributed by atoms with Gasteiger partial charge in [0.25, 0.3) is 5.91 Å². The highest BCUT2D eigenvalue weighted by Crippen LogP contribution is 2.22. The van der Waals surface area contributed by atoms with E-state index in [2.05, 4.69) is 25.7 Å². The Hall–Kier alpha value is -3.52. The maximum Gasteiger partial charge on any atom is 0.254 e. The van der Waals surface area contributed by atoms with Crippen LogP contribution in [0.1, 0.15) is 36.2 Å². The number of nitrogens with one attached hydrogen (secondary N) is 2. The molecule has 0 aliphatic carbocycles. The van der Waals surface area contributed by atoms with Crippen molar-refractivity contribution >= 4 is 32.5 Å². The SMILES string of the molecule is CC(C)Nc1cc(-n2ncc3cc(C#N)cnc32)ncc1C(=O)NCCCS(C)(=O)=O. The third-order valence-corrected chi connectivity index (χ3v) is 5.34. The van der Waals surface area contributed by atoms with E-state index in [0.717, 1.165) is 6.26 Å². The van der Waals surface area contributed by atoms with Crippen LogP contribution in [0, 0.1) is 11.3 Å². The van der Waals surface area contributed by atoms with Crippen molar-refractivity contribution in [2.45, 2.75) is 26.3 Å². The van der Waals surface area contributed by atoms with Crippen LogP contribution in [0.25, 0.3) is 16.9 Å². The van der Waals surface area contributed by atoms with Crippen molar-refractivity contribution in [2.24, 2.45) is 0 Å². The average molecular weight is 442 g/mol. The summed E-state index contributed by atoms with van der Waals surface area (Å²) in [7, 11) is -3.07. The van der Waals surface area contributed by atoms with E-state index in [1.807, 2.05) is 19.9 Å². The van der Waals surface area contributed by atoms with Gasteiger partial charge in [0.2, 0.25) is 0 Å². The minimum absolute atomic E-state index is 0.00839. The van der Waals surface area contributed by atoms with Crippen molar-refractivity contribution in [1.29, 1.82) is 5.26 Å². The molecule has 2 N–H and O–H groups in total. The van der Waals surface area contributed by atoms with Crippen LogP contribution in [0.5, 0.6) is 0 Å². The fourth-order valence-corrected chi connectivity index (χ4v) is 3.62. The van der Waals surface area contributed by atoms with E-state index in [0.29, 0.717) is 40.1 Å². The quantitative estimate of drug-likeness (QED) is 0.503. The lowest BCUT2D eigenvalue weighted by atomic mass is 10.2. The number of rotatable bonds is 8. The summed E-state index contributed by atoms with van der Waals surface area (Å²) in [6.45, 7) is 4.13. The molecule has 0 radical (unpaired) electrons. The predicted molar refractivity (Wildman–Crippen MR) is 117 cm³/mol. The molecule has 1 amide bonds. The van der Waals surface area contributed by atoms with Gasteiger partial charge in [0.15, 0.2) is 11.5 Å². The van der Waals surface area contributed by atoms with Gasteiger partial charge in [-0.2, -0.15) is 15.0 Å². The molecule has 0 aliphatic heterocycles. The van der Waals surface area contributed by atoms with E-state index in [-0.39, 0.29) is 24.2 Å². The van der Waals surface area contributed by atoms with E-state index < -0.39 is 9.84 Å². The minimum atomic E-state index is -3.07. The summed E-state index contributed by atoms with van der Waals surface area (Å²) >= 11 is 0. The first kappa shape index (κ1) is 22.2. The van der Waals surface area contributed by atoms with E-state index in [4.69, 9.17) is 5.26 Å². The molecule has 0 bridgehead atoms. The van der Waals surface area contributed by atoms with Gasteiger partial charge >= 0.3 is 0 Å². The van der Waals surface area contributed by atoms with Crippen LogP contribution in [0.2, 0.25) is 0 Å². The number of hydrogen-bond donors (Lipinski definition) is 2. The Balaban J connectivity index is 1.88. The second kappa shape index (κ2) is 9.09. The summed E-state index contributed by atoms with van der Waals surface area (Å²) in [6.07, 6.45) is 6.01. The molecule has 0 aromatic carbocycles. The maximum atomic E-state index is 12.6.